The Labute approximate surface area is 90.3 Å². The summed E-state index contributed by atoms with van der Waals surface area (Å²) >= 11 is 0. The number of hydrogen-bond acceptors (Lipinski definition) is 3. The molecule has 0 spiro atoms. The highest BCUT2D eigenvalue weighted by Gasteiger charge is 2.45. The fourth-order valence-electron chi connectivity index (χ4n) is 2.27. The molecule has 1 aromatic rings. The van der Waals surface area contributed by atoms with Crippen molar-refractivity contribution < 1.29 is 9.52 Å². The van der Waals surface area contributed by atoms with Gasteiger partial charge in [-0.05, 0) is 24.0 Å². The molecular formula is C12H19NO2. The number of hydrogen-bond donors (Lipinski definition) is 2. The number of nitrogens with two attached hydrogens (primary N) is 1. The molecule has 3 heteroatoms. The first kappa shape index (κ1) is 10.7. The second kappa shape index (κ2) is 3.35. The van der Waals surface area contributed by atoms with E-state index >= 15 is 0 Å². The highest BCUT2D eigenvalue weighted by molar-refractivity contribution is 5.34. The summed E-state index contributed by atoms with van der Waals surface area (Å²) in [6.45, 7) is 6.40. The Balaban J connectivity index is 2.44. The SMILES string of the molecule is CC(C)c1cc2c(o1)C(O)(CN)C(C)C2. The van der Waals surface area contributed by atoms with Crippen LogP contribution in [0.3, 0.4) is 0 Å². The smallest absolute Gasteiger partial charge is 0.140 e. The van der Waals surface area contributed by atoms with Gasteiger partial charge in [-0.15, -0.1) is 0 Å². The van der Waals surface area contributed by atoms with Crippen LogP contribution in [-0.2, 0) is 12.0 Å². The van der Waals surface area contributed by atoms with Crippen LogP contribution in [0.15, 0.2) is 10.5 Å². The van der Waals surface area contributed by atoms with Crippen molar-refractivity contribution in [3.05, 3.63) is 23.2 Å². The molecule has 0 amide bonds. The molecule has 1 aromatic heterocycles. The van der Waals surface area contributed by atoms with E-state index in [1.165, 1.54) is 0 Å². The maximum atomic E-state index is 10.4. The maximum absolute atomic E-state index is 10.4. The predicted molar refractivity (Wildman–Crippen MR) is 58.6 cm³/mol. The van der Waals surface area contributed by atoms with Gasteiger partial charge in [0, 0.05) is 12.5 Å². The van der Waals surface area contributed by atoms with Crippen LogP contribution in [0, 0.1) is 5.92 Å². The zero-order valence-corrected chi connectivity index (χ0v) is 9.58. The third kappa shape index (κ3) is 1.42. The van der Waals surface area contributed by atoms with Crippen LogP contribution >= 0.6 is 0 Å². The predicted octanol–water partition coefficient (Wildman–Crippen LogP) is 1.74. The summed E-state index contributed by atoms with van der Waals surface area (Å²) in [6, 6.07) is 2.06. The molecule has 0 aromatic carbocycles. The Morgan fingerprint density at radius 1 is 1.67 bits per heavy atom. The Morgan fingerprint density at radius 2 is 2.33 bits per heavy atom. The van der Waals surface area contributed by atoms with E-state index in [2.05, 4.69) is 19.9 Å². The monoisotopic (exact) mass is 209 g/mol. The second-order valence-corrected chi connectivity index (χ2v) is 4.89. The lowest BCUT2D eigenvalue weighted by atomic mass is 9.92. The van der Waals surface area contributed by atoms with Crippen LogP contribution in [0.5, 0.6) is 0 Å². The summed E-state index contributed by atoms with van der Waals surface area (Å²) in [5.41, 5.74) is 5.82. The van der Waals surface area contributed by atoms with Crippen molar-refractivity contribution in [1.29, 1.82) is 0 Å². The quantitative estimate of drug-likeness (QED) is 0.780. The van der Waals surface area contributed by atoms with Gasteiger partial charge in [-0.3, -0.25) is 0 Å². The van der Waals surface area contributed by atoms with Gasteiger partial charge in [0.05, 0.1) is 0 Å². The van der Waals surface area contributed by atoms with E-state index in [9.17, 15) is 5.11 Å². The Bertz CT molecular complexity index is 370. The van der Waals surface area contributed by atoms with Gasteiger partial charge >= 0.3 is 0 Å². The van der Waals surface area contributed by atoms with Crippen molar-refractivity contribution in [3.63, 3.8) is 0 Å². The molecule has 0 aliphatic heterocycles. The third-order valence-corrected chi connectivity index (χ3v) is 3.44. The largest absolute Gasteiger partial charge is 0.462 e. The van der Waals surface area contributed by atoms with Crippen LogP contribution in [0.4, 0.5) is 0 Å². The van der Waals surface area contributed by atoms with E-state index in [4.69, 9.17) is 10.2 Å². The van der Waals surface area contributed by atoms with Crippen molar-refractivity contribution in [3.8, 4) is 0 Å². The topological polar surface area (TPSA) is 59.4 Å². The molecule has 3 N–H and O–H groups in total. The van der Waals surface area contributed by atoms with E-state index in [1.54, 1.807) is 0 Å². The first-order valence-electron chi connectivity index (χ1n) is 5.54. The molecule has 15 heavy (non-hydrogen) atoms. The molecule has 2 unspecified atom stereocenters. The molecule has 2 atom stereocenters. The molecule has 1 aliphatic rings. The van der Waals surface area contributed by atoms with E-state index in [-0.39, 0.29) is 12.5 Å². The highest BCUT2D eigenvalue weighted by Crippen LogP contribution is 2.43. The van der Waals surface area contributed by atoms with E-state index in [0.29, 0.717) is 11.7 Å². The van der Waals surface area contributed by atoms with Gasteiger partial charge < -0.3 is 15.3 Å². The lowest BCUT2D eigenvalue weighted by Gasteiger charge is -2.25. The summed E-state index contributed by atoms with van der Waals surface area (Å²) in [7, 11) is 0. The van der Waals surface area contributed by atoms with Gasteiger partial charge in [-0.2, -0.15) is 0 Å². The molecule has 0 saturated carbocycles. The molecule has 1 aliphatic carbocycles. The van der Waals surface area contributed by atoms with Gasteiger partial charge in [0.2, 0.25) is 0 Å². The van der Waals surface area contributed by atoms with Gasteiger partial charge in [0.1, 0.15) is 17.1 Å². The Morgan fingerprint density at radius 3 is 2.87 bits per heavy atom. The van der Waals surface area contributed by atoms with Crippen molar-refractivity contribution in [2.75, 3.05) is 6.54 Å². The zero-order valence-electron chi connectivity index (χ0n) is 9.58. The van der Waals surface area contributed by atoms with Crippen molar-refractivity contribution in [2.45, 2.75) is 38.7 Å². The summed E-state index contributed by atoms with van der Waals surface area (Å²) in [4.78, 5) is 0. The third-order valence-electron chi connectivity index (χ3n) is 3.44. The lowest BCUT2D eigenvalue weighted by Crippen LogP contribution is -2.37. The van der Waals surface area contributed by atoms with Crippen molar-refractivity contribution in [2.24, 2.45) is 11.7 Å². The minimum absolute atomic E-state index is 0.150. The normalized spacial score (nSPS) is 29.9. The van der Waals surface area contributed by atoms with E-state index in [0.717, 1.165) is 17.7 Å². The maximum Gasteiger partial charge on any atom is 0.140 e. The summed E-state index contributed by atoms with van der Waals surface area (Å²) in [5, 5.41) is 10.4. The molecule has 3 nitrogen and oxygen atoms in total. The lowest BCUT2D eigenvalue weighted by molar-refractivity contribution is -0.0144. The molecule has 0 bridgehead atoms. The Hall–Kier alpha value is -0.800. The summed E-state index contributed by atoms with van der Waals surface area (Å²) in [5.74, 6) is 2.14. The van der Waals surface area contributed by atoms with Crippen LogP contribution in [0.25, 0.3) is 0 Å². The van der Waals surface area contributed by atoms with Crippen molar-refractivity contribution in [1.82, 2.24) is 0 Å². The minimum Gasteiger partial charge on any atom is -0.462 e. The van der Waals surface area contributed by atoms with Crippen LogP contribution < -0.4 is 5.73 Å². The van der Waals surface area contributed by atoms with Crippen LogP contribution in [0.2, 0.25) is 0 Å². The molecule has 1 heterocycles. The fourth-order valence-corrected chi connectivity index (χ4v) is 2.27. The molecule has 84 valence electrons. The minimum atomic E-state index is -0.956. The number of fused-ring (bicyclic) bond motifs is 1. The molecule has 0 fully saturated rings. The van der Waals surface area contributed by atoms with Gasteiger partial charge in [0.25, 0.3) is 0 Å². The highest BCUT2D eigenvalue weighted by atomic mass is 16.4. The average molecular weight is 209 g/mol. The number of aliphatic hydroxyl groups is 1. The van der Waals surface area contributed by atoms with E-state index in [1.807, 2.05) is 6.92 Å². The second-order valence-electron chi connectivity index (χ2n) is 4.89. The fraction of sp³-hybridized carbons (Fsp3) is 0.667. The van der Waals surface area contributed by atoms with Crippen LogP contribution in [0.1, 0.15) is 43.8 Å². The van der Waals surface area contributed by atoms with E-state index < -0.39 is 5.60 Å². The van der Waals surface area contributed by atoms with Crippen molar-refractivity contribution >= 4 is 0 Å². The van der Waals surface area contributed by atoms with Gasteiger partial charge in [-0.25, -0.2) is 0 Å². The first-order valence-corrected chi connectivity index (χ1v) is 5.54. The number of rotatable bonds is 2. The molecule has 0 radical (unpaired) electrons. The number of furan rings is 1. The van der Waals surface area contributed by atoms with Crippen LogP contribution in [-0.4, -0.2) is 11.7 Å². The van der Waals surface area contributed by atoms with Gasteiger partial charge in [-0.1, -0.05) is 20.8 Å². The standard InChI is InChI=1S/C12H19NO2/c1-7(2)10-5-9-4-8(3)12(14,6-13)11(9)15-10/h5,7-8,14H,4,6,13H2,1-3H3. The van der Waals surface area contributed by atoms with Gasteiger partial charge in [0.15, 0.2) is 0 Å². The summed E-state index contributed by atoms with van der Waals surface area (Å²) < 4.78 is 5.73. The average Bonchev–Trinajstić information content (AvgIpc) is 2.68. The molecule has 2 rings (SSSR count). The molecular weight excluding hydrogens is 190 g/mol. The molecule has 0 saturated heterocycles. The Kier molecular flexibility index (Phi) is 2.40. The summed E-state index contributed by atoms with van der Waals surface area (Å²) in [6.07, 6.45) is 0.860. The zero-order chi connectivity index (χ0) is 11.2. The first-order chi connectivity index (χ1) is 6.99.